The summed E-state index contributed by atoms with van der Waals surface area (Å²) in [5.41, 5.74) is 0.954. The summed E-state index contributed by atoms with van der Waals surface area (Å²) in [5, 5.41) is 8.90. The SMILES string of the molecule is Cc1nc(-c2ccoc2C)c(C(=O)O)o1. The van der Waals surface area contributed by atoms with Crippen molar-refractivity contribution in [3.05, 3.63) is 29.7 Å². The Labute approximate surface area is 85.3 Å². The number of aryl methyl sites for hydroxylation is 2. The molecule has 0 saturated heterocycles. The van der Waals surface area contributed by atoms with Crippen molar-refractivity contribution in [2.24, 2.45) is 0 Å². The van der Waals surface area contributed by atoms with Crippen molar-refractivity contribution in [3.8, 4) is 11.3 Å². The molecule has 2 heterocycles. The van der Waals surface area contributed by atoms with Crippen LogP contribution in [0.15, 0.2) is 21.2 Å². The average Bonchev–Trinajstić information content (AvgIpc) is 2.71. The summed E-state index contributed by atoms with van der Waals surface area (Å²) in [7, 11) is 0. The average molecular weight is 207 g/mol. The molecule has 0 amide bonds. The van der Waals surface area contributed by atoms with Crippen molar-refractivity contribution in [2.45, 2.75) is 13.8 Å². The molecule has 2 rings (SSSR count). The van der Waals surface area contributed by atoms with Crippen LogP contribution in [0.4, 0.5) is 0 Å². The first-order valence-corrected chi connectivity index (χ1v) is 4.35. The molecule has 0 fully saturated rings. The maximum atomic E-state index is 10.9. The molecule has 5 heteroatoms. The highest BCUT2D eigenvalue weighted by molar-refractivity contribution is 5.92. The number of carboxylic acids is 1. The largest absolute Gasteiger partial charge is 0.475 e. The predicted molar refractivity (Wildman–Crippen MR) is 50.6 cm³/mol. The Balaban J connectivity index is 2.62. The van der Waals surface area contributed by atoms with E-state index in [-0.39, 0.29) is 5.76 Å². The van der Waals surface area contributed by atoms with Crippen LogP contribution >= 0.6 is 0 Å². The minimum Gasteiger partial charge on any atom is -0.475 e. The molecule has 1 N–H and O–H groups in total. The van der Waals surface area contributed by atoms with Gasteiger partial charge in [-0.25, -0.2) is 9.78 Å². The molecular weight excluding hydrogens is 198 g/mol. The van der Waals surface area contributed by atoms with E-state index in [4.69, 9.17) is 13.9 Å². The fourth-order valence-corrected chi connectivity index (χ4v) is 1.39. The van der Waals surface area contributed by atoms with Crippen molar-refractivity contribution in [2.75, 3.05) is 0 Å². The molecule has 5 nitrogen and oxygen atoms in total. The van der Waals surface area contributed by atoms with Crippen LogP contribution in [0.3, 0.4) is 0 Å². The number of oxazole rings is 1. The van der Waals surface area contributed by atoms with Crippen LogP contribution in [0.5, 0.6) is 0 Å². The van der Waals surface area contributed by atoms with Crippen molar-refractivity contribution in [3.63, 3.8) is 0 Å². The Morgan fingerprint density at radius 1 is 1.47 bits per heavy atom. The summed E-state index contributed by atoms with van der Waals surface area (Å²) in [5.74, 6) is -0.350. The molecule has 0 aliphatic carbocycles. The van der Waals surface area contributed by atoms with Gasteiger partial charge in [-0.2, -0.15) is 0 Å². The zero-order chi connectivity index (χ0) is 11.0. The first-order chi connectivity index (χ1) is 7.09. The van der Waals surface area contributed by atoms with Gasteiger partial charge in [-0.3, -0.25) is 0 Å². The van der Waals surface area contributed by atoms with Gasteiger partial charge in [-0.05, 0) is 13.0 Å². The maximum Gasteiger partial charge on any atom is 0.374 e. The third-order valence-electron chi connectivity index (χ3n) is 2.04. The fraction of sp³-hybridized carbons (Fsp3) is 0.200. The van der Waals surface area contributed by atoms with Gasteiger partial charge >= 0.3 is 5.97 Å². The van der Waals surface area contributed by atoms with Crippen molar-refractivity contribution < 1.29 is 18.7 Å². The number of carbonyl (C=O) groups is 1. The third-order valence-corrected chi connectivity index (χ3v) is 2.04. The number of nitrogens with zero attached hydrogens (tertiary/aromatic N) is 1. The van der Waals surface area contributed by atoms with E-state index in [1.807, 2.05) is 0 Å². The van der Waals surface area contributed by atoms with Gasteiger partial charge in [-0.15, -0.1) is 0 Å². The summed E-state index contributed by atoms with van der Waals surface area (Å²) in [4.78, 5) is 14.9. The Hall–Kier alpha value is -2.04. The lowest BCUT2D eigenvalue weighted by atomic mass is 10.1. The molecular formula is C10H9NO4. The lowest BCUT2D eigenvalue weighted by Gasteiger charge is -1.93. The molecule has 0 unspecified atom stereocenters. The van der Waals surface area contributed by atoms with E-state index in [0.717, 1.165) is 0 Å². The first-order valence-electron chi connectivity index (χ1n) is 4.35. The zero-order valence-corrected chi connectivity index (χ0v) is 8.27. The van der Waals surface area contributed by atoms with Gasteiger partial charge in [0.15, 0.2) is 5.89 Å². The zero-order valence-electron chi connectivity index (χ0n) is 8.27. The number of aromatic nitrogens is 1. The lowest BCUT2D eigenvalue weighted by molar-refractivity contribution is 0.0662. The summed E-state index contributed by atoms with van der Waals surface area (Å²) >= 11 is 0. The number of furan rings is 1. The first kappa shape index (κ1) is 9.51. The van der Waals surface area contributed by atoms with Crippen molar-refractivity contribution in [1.82, 2.24) is 4.98 Å². The number of rotatable bonds is 2. The second-order valence-electron chi connectivity index (χ2n) is 3.11. The van der Waals surface area contributed by atoms with E-state index in [1.54, 1.807) is 19.9 Å². The highest BCUT2D eigenvalue weighted by Crippen LogP contribution is 2.27. The summed E-state index contributed by atoms with van der Waals surface area (Å²) in [6.45, 7) is 3.34. The minimum atomic E-state index is -1.13. The van der Waals surface area contributed by atoms with Crippen LogP contribution in [-0.2, 0) is 0 Å². The number of hydrogen-bond acceptors (Lipinski definition) is 4. The van der Waals surface area contributed by atoms with Crippen LogP contribution in [0.1, 0.15) is 22.2 Å². The van der Waals surface area contributed by atoms with Gasteiger partial charge in [0.1, 0.15) is 11.5 Å². The van der Waals surface area contributed by atoms with E-state index in [2.05, 4.69) is 4.98 Å². The predicted octanol–water partition coefficient (Wildman–Crippen LogP) is 2.25. The molecule has 0 spiro atoms. The maximum absolute atomic E-state index is 10.9. The molecule has 0 atom stereocenters. The highest BCUT2D eigenvalue weighted by Gasteiger charge is 2.21. The van der Waals surface area contributed by atoms with E-state index >= 15 is 0 Å². The van der Waals surface area contributed by atoms with Gasteiger partial charge < -0.3 is 13.9 Å². The molecule has 0 aliphatic rings. The monoisotopic (exact) mass is 207 g/mol. The Bertz CT molecular complexity index is 509. The number of carboxylic acid groups (broad SMARTS) is 1. The quantitative estimate of drug-likeness (QED) is 0.817. The highest BCUT2D eigenvalue weighted by atomic mass is 16.4. The van der Waals surface area contributed by atoms with Crippen LogP contribution < -0.4 is 0 Å². The van der Waals surface area contributed by atoms with Gasteiger partial charge in [0.25, 0.3) is 0 Å². The third kappa shape index (κ3) is 1.52. The van der Waals surface area contributed by atoms with Crippen molar-refractivity contribution in [1.29, 1.82) is 0 Å². The van der Waals surface area contributed by atoms with Crippen molar-refractivity contribution >= 4 is 5.97 Å². The topological polar surface area (TPSA) is 76.5 Å². The van der Waals surface area contributed by atoms with Gasteiger partial charge in [0.2, 0.25) is 5.76 Å². The van der Waals surface area contributed by atoms with E-state index in [1.165, 1.54) is 6.26 Å². The van der Waals surface area contributed by atoms with E-state index < -0.39 is 5.97 Å². The summed E-state index contributed by atoms with van der Waals surface area (Å²) < 4.78 is 10.1. The molecule has 2 aromatic heterocycles. The van der Waals surface area contributed by atoms with Gasteiger partial charge in [0.05, 0.1) is 6.26 Å². The molecule has 2 aromatic rings. The smallest absolute Gasteiger partial charge is 0.374 e. The normalized spacial score (nSPS) is 10.5. The Kier molecular flexibility index (Phi) is 2.07. The number of aromatic carboxylic acids is 1. The van der Waals surface area contributed by atoms with Gasteiger partial charge in [-0.1, -0.05) is 0 Å². The fourth-order valence-electron chi connectivity index (χ4n) is 1.39. The molecule has 0 aromatic carbocycles. The van der Waals surface area contributed by atoms with Crippen LogP contribution in [0, 0.1) is 13.8 Å². The van der Waals surface area contributed by atoms with Crippen LogP contribution in [0.25, 0.3) is 11.3 Å². The minimum absolute atomic E-state index is 0.156. The Morgan fingerprint density at radius 2 is 2.20 bits per heavy atom. The van der Waals surface area contributed by atoms with E-state index in [0.29, 0.717) is 22.9 Å². The van der Waals surface area contributed by atoms with Crippen LogP contribution in [-0.4, -0.2) is 16.1 Å². The summed E-state index contributed by atoms with van der Waals surface area (Å²) in [6.07, 6.45) is 1.49. The van der Waals surface area contributed by atoms with E-state index in [9.17, 15) is 4.79 Å². The molecule has 0 aliphatic heterocycles. The van der Waals surface area contributed by atoms with Gasteiger partial charge in [0, 0.05) is 12.5 Å². The second kappa shape index (κ2) is 3.27. The molecule has 0 saturated carbocycles. The molecule has 78 valence electrons. The lowest BCUT2D eigenvalue weighted by Crippen LogP contribution is -1.96. The molecule has 15 heavy (non-hydrogen) atoms. The Morgan fingerprint density at radius 3 is 2.73 bits per heavy atom. The second-order valence-corrected chi connectivity index (χ2v) is 3.11. The number of hydrogen-bond donors (Lipinski definition) is 1. The molecule has 0 radical (unpaired) electrons. The summed E-state index contributed by atoms with van der Waals surface area (Å²) in [6, 6.07) is 1.67. The standard InChI is InChI=1S/C10H9NO4/c1-5-7(3-4-14-5)8-9(10(12)13)15-6(2)11-8/h3-4H,1-2H3,(H,12,13). The van der Waals surface area contributed by atoms with Crippen LogP contribution in [0.2, 0.25) is 0 Å². The molecule has 0 bridgehead atoms.